The van der Waals surface area contributed by atoms with Gasteiger partial charge in [-0.25, -0.2) is 14.4 Å². The lowest BCUT2D eigenvalue weighted by Crippen LogP contribution is -2.35. The van der Waals surface area contributed by atoms with Crippen molar-refractivity contribution in [2.24, 2.45) is 0 Å². The maximum Gasteiger partial charge on any atom is 0.339 e. The standard InChI is InChI=1S/3C4H6O6/c3*5-1-10-4(9)2(6)3(7)8/h3*1-2,4,6,9H,(H,7,8)/t2-,4+;2*2-,4-/m010/s1. The second kappa shape index (κ2) is 17.7. The summed E-state index contributed by atoms with van der Waals surface area (Å²) < 4.78 is 11.1. The number of rotatable bonds is 12. The summed E-state index contributed by atoms with van der Waals surface area (Å²) in [6, 6.07) is 0. The third-order valence-electron chi connectivity index (χ3n) is 2.15. The molecule has 18 nitrogen and oxygen atoms in total. The third-order valence-corrected chi connectivity index (χ3v) is 2.15. The number of hydrogen-bond donors (Lipinski definition) is 9. The number of aliphatic hydroxyl groups excluding tert-OH is 6. The van der Waals surface area contributed by atoms with E-state index in [2.05, 4.69) is 14.2 Å². The maximum absolute atomic E-state index is 9.81. The summed E-state index contributed by atoms with van der Waals surface area (Å²) in [6.45, 7) is -0.468. The van der Waals surface area contributed by atoms with E-state index in [9.17, 15) is 28.8 Å². The van der Waals surface area contributed by atoms with E-state index in [4.69, 9.17) is 46.0 Å². The van der Waals surface area contributed by atoms with Crippen molar-refractivity contribution in [3.05, 3.63) is 0 Å². The molecule has 0 heterocycles. The van der Waals surface area contributed by atoms with Gasteiger partial charge in [-0.2, -0.15) is 0 Å². The van der Waals surface area contributed by atoms with Gasteiger partial charge < -0.3 is 60.2 Å². The van der Waals surface area contributed by atoms with Crippen molar-refractivity contribution in [1.29, 1.82) is 0 Å². The molecule has 0 aromatic heterocycles. The zero-order valence-corrected chi connectivity index (χ0v) is 14.4. The number of hydrogen-bond acceptors (Lipinski definition) is 15. The van der Waals surface area contributed by atoms with Gasteiger partial charge in [0.05, 0.1) is 0 Å². The molecule has 6 atom stereocenters. The van der Waals surface area contributed by atoms with Crippen LogP contribution in [0.1, 0.15) is 0 Å². The molecule has 0 rings (SSSR count). The molecule has 0 spiro atoms. The molecule has 0 unspecified atom stereocenters. The van der Waals surface area contributed by atoms with Gasteiger partial charge in [-0.3, -0.25) is 14.4 Å². The molecule has 0 saturated heterocycles. The monoisotopic (exact) mass is 450 g/mol. The predicted molar refractivity (Wildman–Crippen MR) is 80.4 cm³/mol. The van der Waals surface area contributed by atoms with Crippen molar-refractivity contribution in [3.63, 3.8) is 0 Å². The highest BCUT2D eigenvalue weighted by atomic mass is 16.6. The fourth-order valence-electron chi connectivity index (χ4n) is 0.760. The lowest BCUT2D eigenvalue weighted by Gasteiger charge is -2.10. The lowest BCUT2D eigenvalue weighted by molar-refractivity contribution is -0.187. The zero-order chi connectivity index (χ0) is 24.4. The Morgan fingerprint density at radius 3 is 0.767 bits per heavy atom. The van der Waals surface area contributed by atoms with Crippen LogP contribution in [0.2, 0.25) is 0 Å². The topological polar surface area (TPSA) is 312 Å². The van der Waals surface area contributed by atoms with Gasteiger partial charge in [0.1, 0.15) is 0 Å². The molecule has 0 aromatic rings. The average molecular weight is 450 g/mol. The smallest absolute Gasteiger partial charge is 0.339 e. The van der Waals surface area contributed by atoms with E-state index in [1.54, 1.807) is 0 Å². The van der Waals surface area contributed by atoms with Crippen molar-refractivity contribution in [2.75, 3.05) is 0 Å². The summed E-state index contributed by atoms with van der Waals surface area (Å²) in [5, 5.41) is 74.3. The first-order valence-corrected chi connectivity index (χ1v) is 6.82. The van der Waals surface area contributed by atoms with Crippen LogP contribution in [0, 0.1) is 0 Å². The molecule has 18 heteroatoms. The van der Waals surface area contributed by atoms with Crippen LogP contribution in [0.5, 0.6) is 0 Å². The van der Waals surface area contributed by atoms with Crippen molar-refractivity contribution in [1.82, 2.24) is 0 Å². The third kappa shape index (κ3) is 15.6. The van der Waals surface area contributed by atoms with Crippen molar-refractivity contribution < 1.29 is 88.9 Å². The molecule has 0 amide bonds. The Balaban J connectivity index is -0.000000364. The minimum atomic E-state index is -2.09. The largest absolute Gasteiger partial charge is 0.479 e. The molecule has 30 heavy (non-hydrogen) atoms. The minimum absolute atomic E-state index is 0.156. The van der Waals surface area contributed by atoms with Crippen molar-refractivity contribution >= 4 is 37.3 Å². The first kappa shape index (κ1) is 31.3. The number of carbonyl (C=O) groups excluding carboxylic acids is 3. The van der Waals surface area contributed by atoms with E-state index in [0.717, 1.165) is 0 Å². The summed E-state index contributed by atoms with van der Waals surface area (Å²) >= 11 is 0. The number of carbonyl (C=O) groups is 6. The molecule has 0 aliphatic heterocycles. The summed E-state index contributed by atoms with van der Waals surface area (Å²) in [7, 11) is 0. The van der Waals surface area contributed by atoms with Crippen LogP contribution >= 0.6 is 0 Å². The van der Waals surface area contributed by atoms with Gasteiger partial charge in [-0.15, -0.1) is 0 Å². The van der Waals surface area contributed by atoms with Crippen LogP contribution in [-0.4, -0.2) is 120 Å². The van der Waals surface area contributed by atoms with E-state index in [1.165, 1.54) is 0 Å². The molecule has 0 fully saturated rings. The van der Waals surface area contributed by atoms with Crippen molar-refractivity contribution in [3.8, 4) is 0 Å². The van der Waals surface area contributed by atoms with Crippen LogP contribution < -0.4 is 0 Å². The van der Waals surface area contributed by atoms with Crippen LogP contribution in [0.15, 0.2) is 0 Å². The van der Waals surface area contributed by atoms with Gasteiger partial charge in [0.2, 0.25) is 37.2 Å². The maximum atomic E-state index is 9.81. The molecule has 174 valence electrons. The number of ether oxygens (including phenoxy) is 3. The van der Waals surface area contributed by atoms with Gasteiger partial charge >= 0.3 is 17.9 Å². The Labute approximate surface area is 164 Å². The molecule has 0 aliphatic carbocycles. The van der Waals surface area contributed by atoms with Gasteiger partial charge in [0.25, 0.3) is 19.4 Å². The second-order valence-electron chi connectivity index (χ2n) is 4.22. The number of carboxylic acids is 3. The van der Waals surface area contributed by atoms with Crippen LogP contribution in [-0.2, 0) is 43.0 Å². The fraction of sp³-hybridized carbons (Fsp3) is 0.500. The highest BCUT2D eigenvalue weighted by Crippen LogP contribution is 1.94. The number of aliphatic carboxylic acids is 3. The first-order chi connectivity index (χ1) is 13.8. The molecule has 9 N–H and O–H groups in total. The minimum Gasteiger partial charge on any atom is -0.479 e. The Morgan fingerprint density at radius 2 is 0.667 bits per heavy atom. The normalized spacial score (nSPS) is 15.4. The van der Waals surface area contributed by atoms with Crippen LogP contribution in [0.4, 0.5) is 0 Å². The molecule has 0 radical (unpaired) electrons. The highest BCUT2D eigenvalue weighted by molar-refractivity contribution is 5.73. The van der Waals surface area contributed by atoms with Crippen LogP contribution in [0.3, 0.4) is 0 Å². The average Bonchev–Trinajstić information content (AvgIpc) is 2.67. The molecule has 0 bridgehead atoms. The predicted octanol–water partition coefficient (Wildman–Crippen LogP) is -6.23. The van der Waals surface area contributed by atoms with E-state index in [1.807, 2.05) is 0 Å². The highest BCUT2D eigenvalue weighted by Gasteiger charge is 2.25. The van der Waals surface area contributed by atoms with Crippen LogP contribution in [0.25, 0.3) is 0 Å². The van der Waals surface area contributed by atoms with E-state index in [-0.39, 0.29) is 19.4 Å². The molecule has 0 aliphatic rings. The lowest BCUT2D eigenvalue weighted by atomic mass is 10.3. The SMILES string of the molecule is O=CO[C@@H](O)[C@@H](O)C(=O)O.O=CO[C@@H](O)[C@H](O)C(=O)O.O=CO[C@H](O)[C@@H](O)C(=O)O. The van der Waals surface area contributed by atoms with E-state index in [0.29, 0.717) is 0 Å². The molecule has 0 saturated carbocycles. The zero-order valence-electron chi connectivity index (χ0n) is 14.4. The Kier molecular flexibility index (Phi) is 18.4. The van der Waals surface area contributed by atoms with Gasteiger partial charge in [-0.1, -0.05) is 0 Å². The van der Waals surface area contributed by atoms with Gasteiger partial charge in [0.15, 0.2) is 0 Å². The van der Waals surface area contributed by atoms with Gasteiger partial charge in [0, 0.05) is 0 Å². The number of aliphatic hydroxyl groups is 6. The summed E-state index contributed by atoms with van der Waals surface area (Å²) in [5.41, 5.74) is 0. The quantitative estimate of drug-likeness (QED) is 0.0758. The summed E-state index contributed by atoms with van der Waals surface area (Å²) in [5.74, 6) is -4.97. The molecular formula is C12H18O18. The molecular weight excluding hydrogens is 432 g/mol. The fourth-order valence-corrected chi connectivity index (χ4v) is 0.760. The Hall–Kier alpha value is -3.42. The van der Waals surface area contributed by atoms with E-state index < -0.39 is 55.1 Å². The second-order valence-corrected chi connectivity index (χ2v) is 4.22. The Morgan fingerprint density at radius 1 is 0.500 bits per heavy atom. The summed E-state index contributed by atoms with van der Waals surface area (Å²) in [6.07, 6.45) is -12.3. The number of carboxylic acid groups (broad SMARTS) is 3. The molecule has 0 aromatic carbocycles. The Bertz CT molecular complexity index is 471. The van der Waals surface area contributed by atoms with E-state index >= 15 is 0 Å². The van der Waals surface area contributed by atoms with Crippen molar-refractivity contribution in [2.45, 2.75) is 37.2 Å². The van der Waals surface area contributed by atoms with Gasteiger partial charge in [-0.05, 0) is 0 Å². The first-order valence-electron chi connectivity index (χ1n) is 6.82. The summed E-state index contributed by atoms with van der Waals surface area (Å²) in [4.78, 5) is 57.8.